The van der Waals surface area contributed by atoms with E-state index in [1.807, 2.05) is 18.2 Å². The van der Waals surface area contributed by atoms with Crippen LogP contribution in [0, 0.1) is 11.9 Å². The molecule has 3 fully saturated rings. The van der Waals surface area contributed by atoms with Gasteiger partial charge in [-0.05, 0) is 97.5 Å². The first-order chi connectivity index (χ1) is 27.5. The standard InChI is InChI=1S/C41H43F4N9O3/c42-38-37-29-3-1-2-25(21-41(43,44)45)36(30(29)6-7-32(37)48-50-38)31-8-10-34(49-47-31)53-14-12-24(13-15-53)22-51-16-18-52(19-17-51)27-4-5-28-26(20-27)23-54(40(28)57)33-9-11-35(55)46-39(33)56/h4-8,10,20,24,33H,1-3,9,11-19,21-23H2,(H,48,50)(H,46,55,56)/t33-/m0/s1. The number of aromatic amines is 1. The van der Waals surface area contributed by atoms with Crippen LogP contribution in [0.5, 0.6) is 0 Å². The predicted octanol–water partition coefficient (Wildman–Crippen LogP) is 5.38. The number of alkyl halides is 3. The number of fused-ring (bicyclic) bond motifs is 4. The lowest BCUT2D eigenvalue weighted by molar-refractivity contribution is -0.137. The summed E-state index contributed by atoms with van der Waals surface area (Å²) in [5, 5.41) is 18.1. The van der Waals surface area contributed by atoms with E-state index in [4.69, 9.17) is 0 Å². The summed E-state index contributed by atoms with van der Waals surface area (Å²) in [5.74, 6) is -0.268. The maximum atomic E-state index is 14.8. The van der Waals surface area contributed by atoms with Crippen LogP contribution in [0.15, 0.2) is 48.0 Å². The molecule has 16 heteroatoms. The summed E-state index contributed by atoms with van der Waals surface area (Å²) in [7, 11) is 0. The third-order valence-corrected chi connectivity index (χ3v) is 12.3. The summed E-state index contributed by atoms with van der Waals surface area (Å²) in [6, 6.07) is 12.2. The van der Waals surface area contributed by atoms with Gasteiger partial charge in [-0.2, -0.15) is 22.7 Å². The molecule has 0 unspecified atom stereocenters. The molecule has 57 heavy (non-hydrogen) atoms. The smallest absolute Gasteiger partial charge is 0.369 e. The first-order valence-electron chi connectivity index (χ1n) is 19.8. The Balaban J connectivity index is 0.806. The highest BCUT2D eigenvalue weighted by molar-refractivity contribution is 6.05. The van der Waals surface area contributed by atoms with E-state index < -0.39 is 30.5 Å². The minimum absolute atomic E-state index is 0.168. The van der Waals surface area contributed by atoms with E-state index in [1.54, 1.807) is 23.1 Å². The Morgan fingerprint density at radius 2 is 1.61 bits per heavy atom. The molecule has 1 aliphatic carbocycles. The van der Waals surface area contributed by atoms with Crippen molar-refractivity contribution in [1.82, 2.24) is 35.5 Å². The molecule has 0 bridgehead atoms. The Bertz CT molecular complexity index is 2260. The highest BCUT2D eigenvalue weighted by atomic mass is 19.4. The number of anilines is 2. The van der Waals surface area contributed by atoms with E-state index in [0.717, 1.165) is 69.9 Å². The van der Waals surface area contributed by atoms with Crippen molar-refractivity contribution in [3.8, 4) is 0 Å². The van der Waals surface area contributed by atoms with Crippen molar-refractivity contribution in [3.63, 3.8) is 0 Å². The molecule has 0 saturated carbocycles. The number of allylic oxidation sites excluding steroid dienone is 1. The number of amides is 3. The van der Waals surface area contributed by atoms with Crippen LogP contribution in [0.2, 0.25) is 0 Å². The lowest BCUT2D eigenvalue weighted by atomic mass is 9.91. The lowest BCUT2D eigenvalue weighted by Crippen LogP contribution is -2.52. The largest absolute Gasteiger partial charge is 0.392 e. The summed E-state index contributed by atoms with van der Waals surface area (Å²) >= 11 is 0. The number of hydrogen-bond acceptors (Lipinski definition) is 9. The van der Waals surface area contributed by atoms with Gasteiger partial charge in [-0.15, -0.1) is 10.2 Å². The number of piperidine rings is 2. The number of benzene rings is 2. The molecule has 9 rings (SSSR count). The van der Waals surface area contributed by atoms with Gasteiger partial charge in [0.15, 0.2) is 5.82 Å². The van der Waals surface area contributed by atoms with Gasteiger partial charge in [0, 0.05) is 75.6 Å². The highest BCUT2D eigenvalue weighted by Crippen LogP contribution is 2.42. The zero-order valence-electron chi connectivity index (χ0n) is 31.4. The molecule has 1 atom stereocenters. The van der Waals surface area contributed by atoms with Crippen molar-refractivity contribution in [1.29, 1.82) is 0 Å². The van der Waals surface area contributed by atoms with E-state index in [9.17, 15) is 31.9 Å². The van der Waals surface area contributed by atoms with Crippen LogP contribution in [-0.4, -0.2) is 106 Å². The van der Waals surface area contributed by atoms with Gasteiger partial charge in [0.25, 0.3) is 5.91 Å². The molecule has 4 aliphatic heterocycles. The predicted molar refractivity (Wildman–Crippen MR) is 204 cm³/mol. The van der Waals surface area contributed by atoms with Crippen molar-refractivity contribution in [2.75, 3.05) is 55.6 Å². The maximum absolute atomic E-state index is 14.8. The number of aryl methyl sites for hydroxylation is 1. The molecule has 2 aromatic carbocycles. The quantitative estimate of drug-likeness (QED) is 0.187. The normalized spacial score (nSPS) is 21.3. The number of H-pyrrole nitrogens is 1. The topological polar surface area (TPSA) is 131 Å². The van der Waals surface area contributed by atoms with Crippen LogP contribution in [0.1, 0.15) is 77.7 Å². The molecule has 6 heterocycles. The number of halogens is 4. The number of nitrogens with zero attached hydrogens (tertiary/aromatic N) is 7. The van der Waals surface area contributed by atoms with E-state index in [0.29, 0.717) is 76.4 Å². The number of imide groups is 1. The van der Waals surface area contributed by atoms with Gasteiger partial charge in [-0.25, -0.2) is 0 Å². The molecule has 3 amide bonds. The fourth-order valence-electron chi connectivity index (χ4n) is 9.45. The van der Waals surface area contributed by atoms with E-state index >= 15 is 0 Å². The summed E-state index contributed by atoms with van der Waals surface area (Å²) < 4.78 is 56.3. The zero-order chi connectivity index (χ0) is 39.4. The molecule has 5 aliphatic rings. The van der Waals surface area contributed by atoms with Crippen LogP contribution in [0.4, 0.5) is 29.1 Å². The van der Waals surface area contributed by atoms with Gasteiger partial charge < -0.3 is 14.7 Å². The van der Waals surface area contributed by atoms with Crippen molar-refractivity contribution in [3.05, 3.63) is 81.9 Å². The fourth-order valence-corrected chi connectivity index (χ4v) is 9.45. The molecule has 298 valence electrons. The Labute approximate surface area is 326 Å². The molecule has 0 spiro atoms. The molecule has 2 aromatic heterocycles. The van der Waals surface area contributed by atoms with Crippen LogP contribution < -0.4 is 15.1 Å². The third-order valence-electron chi connectivity index (χ3n) is 12.3. The highest BCUT2D eigenvalue weighted by Gasteiger charge is 2.39. The molecular weight excluding hydrogens is 743 g/mol. The Hall–Kier alpha value is -5.38. The van der Waals surface area contributed by atoms with Crippen molar-refractivity contribution < 1.29 is 31.9 Å². The Kier molecular flexibility index (Phi) is 9.69. The molecule has 12 nitrogen and oxygen atoms in total. The number of aromatic nitrogens is 4. The molecule has 2 N–H and O–H groups in total. The van der Waals surface area contributed by atoms with Crippen LogP contribution >= 0.6 is 0 Å². The summed E-state index contributed by atoms with van der Waals surface area (Å²) in [5.41, 5.74) is 5.16. The fraction of sp³-hybridized carbons (Fsp3) is 0.463. The van der Waals surface area contributed by atoms with Crippen LogP contribution in [-0.2, 0) is 22.6 Å². The Morgan fingerprint density at radius 3 is 2.35 bits per heavy atom. The lowest BCUT2D eigenvalue weighted by Gasteiger charge is -2.39. The number of hydrogen-bond donors (Lipinski definition) is 2. The van der Waals surface area contributed by atoms with Crippen LogP contribution in [0.25, 0.3) is 16.5 Å². The number of nitrogens with one attached hydrogen (secondary N) is 2. The van der Waals surface area contributed by atoms with Crippen molar-refractivity contribution in [2.24, 2.45) is 5.92 Å². The zero-order valence-corrected chi connectivity index (χ0v) is 31.4. The number of piperazine rings is 1. The number of carbonyl (C=O) groups excluding carboxylic acids is 3. The molecule has 3 saturated heterocycles. The second kappa shape index (κ2) is 14.8. The van der Waals surface area contributed by atoms with E-state index in [2.05, 4.69) is 46.5 Å². The molecule has 0 radical (unpaired) electrons. The van der Waals surface area contributed by atoms with E-state index in [1.165, 1.54) is 0 Å². The van der Waals surface area contributed by atoms with Crippen LogP contribution in [0.3, 0.4) is 0 Å². The maximum Gasteiger partial charge on any atom is 0.392 e. The summed E-state index contributed by atoms with van der Waals surface area (Å²) in [4.78, 5) is 45.8. The average molecular weight is 786 g/mol. The summed E-state index contributed by atoms with van der Waals surface area (Å²) in [6.07, 6.45) is -1.85. The first-order valence-corrected chi connectivity index (χ1v) is 19.8. The second-order valence-electron chi connectivity index (χ2n) is 15.9. The van der Waals surface area contributed by atoms with E-state index in [-0.39, 0.29) is 30.2 Å². The SMILES string of the molecule is O=C1CC[C@H](N2Cc3cc(N4CCN(CC5CCN(c6ccc(C7=C(CC(F)(F)F)CCCc8c7ccc7n[nH]c(F)c87)nn6)CC5)CC4)ccc3C2=O)C(=O)N1. The average Bonchev–Trinajstić information content (AvgIpc) is 3.67. The van der Waals surface area contributed by atoms with Gasteiger partial charge >= 0.3 is 6.18 Å². The third kappa shape index (κ3) is 7.35. The molecule has 4 aromatic rings. The van der Waals surface area contributed by atoms with Gasteiger partial charge in [-0.3, -0.25) is 29.7 Å². The summed E-state index contributed by atoms with van der Waals surface area (Å²) in [6.45, 7) is 6.49. The first kappa shape index (κ1) is 37.2. The monoisotopic (exact) mass is 785 g/mol. The van der Waals surface area contributed by atoms with Crippen molar-refractivity contribution >= 4 is 45.7 Å². The van der Waals surface area contributed by atoms with Gasteiger partial charge in [0.1, 0.15) is 6.04 Å². The Morgan fingerprint density at radius 1 is 0.825 bits per heavy atom. The van der Waals surface area contributed by atoms with Gasteiger partial charge in [0.2, 0.25) is 17.8 Å². The minimum atomic E-state index is -4.41. The van der Waals surface area contributed by atoms with Gasteiger partial charge in [0.05, 0.1) is 23.0 Å². The molecular formula is C41H43F4N9O3. The second-order valence-corrected chi connectivity index (χ2v) is 15.9. The number of rotatable bonds is 7. The number of carbonyl (C=O) groups is 3. The minimum Gasteiger partial charge on any atom is -0.369 e. The van der Waals surface area contributed by atoms with Crippen molar-refractivity contribution in [2.45, 2.75) is 70.1 Å². The van der Waals surface area contributed by atoms with Gasteiger partial charge in [-0.1, -0.05) is 11.6 Å².